The van der Waals surface area contributed by atoms with Crippen LogP contribution in [0.5, 0.6) is 0 Å². The van der Waals surface area contributed by atoms with Crippen molar-refractivity contribution in [2.24, 2.45) is 0 Å². The number of nitrogens with zero attached hydrogens (tertiary/aromatic N) is 2. The zero-order valence-electron chi connectivity index (χ0n) is 12.2. The zero-order valence-corrected chi connectivity index (χ0v) is 13.9. The summed E-state index contributed by atoms with van der Waals surface area (Å²) in [6.07, 6.45) is 2.07. The van der Waals surface area contributed by atoms with Crippen LogP contribution in [0.3, 0.4) is 0 Å². The third kappa shape index (κ3) is 3.13. The standard InChI is InChI=1S/C14H22N2O2S2/c1-12(2)20(17,18)16-10-8-15(9-11-16)13-6-4-5-7-14(13)19-3/h4-7,12H,8-11H2,1-3H3. The Morgan fingerprint density at radius 1 is 1.10 bits per heavy atom. The van der Waals surface area contributed by atoms with Gasteiger partial charge in [-0.1, -0.05) is 12.1 Å². The SMILES string of the molecule is CSc1ccccc1N1CCN(S(=O)(=O)C(C)C)CC1. The van der Waals surface area contributed by atoms with Gasteiger partial charge in [-0.2, -0.15) is 4.31 Å². The second kappa shape index (κ2) is 6.37. The number of benzene rings is 1. The van der Waals surface area contributed by atoms with E-state index in [9.17, 15) is 8.42 Å². The Morgan fingerprint density at radius 2 is 1.70 bits per heavy atom. The highest BCUT2D eigenvalue weighted by Gasteiger charge is 2.29. The number of hydrogen-bond acceptors (Lipinski definition) is 4. The molecule has 1 fully saturated rings. The minimum absolute atomic E-state index is 0.340. The number of hydrogen-bond donors (Lipinski definition) is 0. The summed E-state index contributed by atoms with van der Waals surface area (Å²) in [5.74, 6) is 0. The molecular formula is C14H22N2O2S2. The maximum absolute atomic E-state index is 12.2. The Kier molecular flexibility index (Phi) is 4.99. The molecule has 6 heteroatoms. The summed E-state index contributed by atoms with van der Waals surface area (Å²) in [7, 11) is -3.12. The van der Waals surface area contributed by atoms with Crippen LogP contribution in [0.1, 0.15) is 13.8 Å². The number of para-hydroxylation sites is 1. The fourth-order valence-corrected chi connectivity index (χ4v) is 4.26. The molecule has 0 radical (unpaired) electrons. The van der Waals surface area contributed by atoms with Crippen molar-refractivity contribution in [2.75, 3.05) is 37.3 Å². The molecule has 0 spiro atoms. The van der Waals surface area contributed by atoms with E-state index in [0.717, 1.165) is 13.1 Å². The van der Waals surface area contributed by atoms with E-state index in [1.54, 1.807) is 29.9 Å². The van der Waals surface area contributed by atoms with E-state index in [2.05, 4.69) is 23.3 Å². The fraction of sp³-hybridized carbons (Fsp3) is 0.571. The lowest BCUT2D eigenvalue weighted by Crippen LogP contribution is -2.50. The first-order valence-electron chi connectivity index (χ1n) is 6.83. The predicted octanol–water partition coefficient (Wildman–Crippen LogP) is 2.27. The minimum Gasteiger partial charge on any atom is -0.368 e. The van der Waals surface area contributed by atoms with Crippen molar-refractivity contribution in [3.8, 4) is 0 Å². The summed E-state index contributed by atoms with van der Waals surface area (Å²) in [4.78, 5) is 3.52. The van der Waals surface area contributed by atoms with Crippen LogP contribution in [0.15, 0.2) is 29.2 Å². The van der Waals surface area contributed by atoms with Gasteiger partial charge in [0.2, 0.25) is 10.0 Å². The second-order valence-corrected chi connectivity index (χ2v) is 8.49. The Morgan fingerprint density at radius 3 is 2.25 bits per heavy atom. The van der Waals surface area contributed by atoms with E-state index in [1.165, 1.54) is 10.6 Å². The highest BCUT2D eigenvalue weighted by atomic mass is 32.2. The van der Waals surface area contributed by atoms with E-state index in [1.807, 2.05) is 12.1 Å². The Hall–Kier alpha value is -0.720. The first-order valence-corrected chi connectivity index (χ1v) is 9.56. The molecule has 4 nitrogen and oxygen atoms in total. The number of piperazine rings is 1. The van der Waals surface area contributed by atoms with Gasteiger partial charge >= 0.3 is 0 Å². The molecule has 2 rings (SSSR count). The molecular weight excluding hydrogens is 292 g/mol. The summed E-state index contributed by atoms with van der Waals surface area (Å²) in [6.45, 7) is 6.13. The van der Waals surface area contributed by atoms with E-state index in [4.69, 9.17) is 0 Å². The Bertz CT molecular complexity index is 550. The number of rotatable bonds is 4. The number of anilines is 1. The van der Waals surface area contributed by atoms with Crippen LogP contribution in [0.2, 0.25) is 0 Å². The smallest absolute Gasteiger partial charge is 0.216 e. The van der Waals surface area contributed by atoms with Gasteiger partial charge in [0.05, 0.1) is 10.9 Å². The third-order valence-electron chi connectivity index (χ3n) is 3.62. The molecule has 0 bridgehead atoms. The Labute approximate surface area is 126 Å². The number of thioether (sulfide) groups is 1. The normalized spacial score (nSPS) is 17.7. The highest BCUT2D eigenvalue weighted by molar-refractivity contribution is 7.98. The monoisotopic (exact) mass is 314 g/mol. The van der Waals surface area contributed by atoms with Crippen LogP contribution in [0.25, 0.3) is 0 Å². The van der Waals surface area contributed by atoms with Gasteiger partial charge in [0.15, 0.2) is 0 Å². The van der Waals surface area contributed by atoms with Crippen molar-refractivity contribution in [1.82, 2.24) is 4.31 Å². The Balaban J connectivity index is 2.08. The highest BCUT2D eigenvalue weighted by Crippen LogP contribution is 2.29. The molecule has 1 aliphatic rings. The molecule has 0 aliphatic carbocycles. The molecule has 0 unspecified atom stereocenters. The van der Waals surface area contributed by atoms with Crippen LogP contribution in [-0.4, -0.2) is 50.4 Å². The van der Waals surface area contributed by atoms with Gasteiger partial charge in [0.1, 0.15) is 0 Å². The van der Waals surface area contributed by atoms with Crippen molar-refractivity contribution in [3.05, 3.63) is 24.3 Å². The van der Waals surface area contributed by atoms with Crippen LogP contribution < -0.4 is 4.90 Å². The molecule has 1 heterocycles. The van der Waals surface area contributed by atoms with Gasteiger partial charge in [-0.3, -0.25) is 0 Å². The van der Waals surface area contributed by atoms with Crippen molar-refractivity contribution in [1.29, 1.82) is 0 Å². The first-order chi connectivity index (χ1) is 9.46. The molecule has 1 saturated heterocycles. The average Bonchev–Trinajstić information content (AvgIpc) is 2.47. The molecule has 0 amide bonds. The van der Waals surface area contributed by atoms with Crippen molar-refractivity contribution in [2.45, 2.75) is 24.0 Å². The van der Waals surface area contributed by atoms with E-state index in [-0.39, 0.29) is 5.25 Å². The van der Waals surface area contributed by atoms with Crippen LogP contribution >= 0.6 is 11.8 Å². The van der Waals surface area contributed by atoms with Crippen LogP contribution in [-0.2, 0) is 10.0 Å². The molecule has 1 aliphatic heterocycles. The average molecular weight is 314 g/mol. The van der Waals surface area contributed by atoms with Gasteiger partial charge in [0, 0.05) is 31.1 Å². The maximum atomic E-state index is 12.2. The summed E-state index contributed by atoms with van der Waals surface area (Å²) in [6, 6.07) is 8.29. The zero-order chi connectivity index (χ0) is 14.8. The van der Waals surface area contributed by atoms with E-state index in [0.29, 0.717) is 13.1 Å². The molecule has 1 aromatic carbocycles. The van der Waals surface area contributed by atoms with Gasteiger partial charge in [-0.05, 0) is 32.2 Å². The summed E-state index contributed by atoms with van der Waals surface area (Å²) in [5.41, 5.74) is 1.21. The lowest BCUT2D eigenvalue weighted by atomic mass is 10.2. The van der Waals surface area contributed by atoms with Gasteiger partial charge in [-0.15, -0.1) is 11.8 Å². The third-order valence-corrected chi connectivity index (χ3v) is 6.68. The predicted molar refractivity (Wildman–Crippen MR) is 86.1 cm³/mol. The lowest BCUT2D eigenvalue weighted by Gasteiger charge is -2.36. The summed E-state index contributed by atoms with van der Waals surface area (Å²) < 4.78 is 25.9. The van der Waals surface area contributed by atoms with Crippen LogP contribution in [0, 0.1) is 0 Å². The molecule has 0 atom stereocenters. The molecule has 20 heavy (non-hydrogen) atoms. The van der Waals surface area contributed by atoms with E-state index < -0.39 is 10.0 Å². The number of sulfonamides is 1. The summed E-state index contributed by atoms with van der Waals surface area (Å²) >= 11 is 1.73. The van der Waals surface area contributed by atoms with Crippen molar-refractivity contribution < 1.29 is 8.42 Å². The molecule has 0 N–H and O–H groups in total. The van der Waals surface area contributed by atoms with Gasteiger partial charge in [-0.25, -0.2) is 8.42 Å². The van der Waals surface area contributed by atoms with Crippen molar-refractivity contribution in [3.63, 3.8) is 0 Å². The fourth-order valence-electron chi connectivity index (χ4n) is 2.37. The summed E-state index contributed by atoms with van der Waals surface area (Å²) in [5, 5.41) is -0.340. The minimum atomic E-state index is -3.12. The quantitative estimate of drug-likeness (QED) is 0.800. The largest absolute Gasteiger partial charge is 0.368 e. The lowest BCUT2D eigenvalue weighted by molar-refractivity contribution is 0.380. The van der Waals surface area contributed by atoms with Gasteiger partial charge in [0.25, 0.3) is 0 Å². The van der Waals surface area contributed by atoms with Crippen molar-refractivity contribution >= 4 is 27.5 Å². The molecule has 112 valence electrons. The topological polar surface area (TPSA) is 40.6 Å². The molecule has 1 aromatic rings. The van der Waals surface area contributed by atoms with E-state index >= 15 is 0 Å². The molecule has 0 aromatic heterocycles. The van der Waals surface area contributed by atoms with Crippen LogP contribution in [0.4, 0.5) is 5.69 Å². The molecule has 0 saturated carbocycles. The maximum Gasteiger partial charge on any atom is 0.216 e. The first kappa shape index (κ1) is 15.7. The second-order valence-electron chi connectivity index (χ2n) is 5.15. The van der Waals surface area contributed by atoms with Gasteiger partial charge < -0.3 is 4.90 Å².